The predicted octanol–water partition coefficient (Wildman–Crippen LogP) is 2.66. The van der Waals surface area contributed by atoms with Crippen LogP contribution >= 0.6 is 23.2 Å². The van der Waals surface area contributed by atoms with Crippen molar-refractivity contribution in [1.82, 2.24) is 14.8 Å². The van der Waals surface area contributed by atoms with Crippen molar-refractivity contribution in [3.05, 3.63) is 41.4 Å². The average Bonchev–Trinajstić information content (AvgIpc) is 2.65. The average molecular weight is 228 g/mol. The van der Waals surface area contributed by atoms with Crippen LogP contribution in [-0.4, -0.2) is 14.8 Å². The third kappa shape index (κ3) is 1.89. The number of aromatic nitrogens is 3. The van der Waals surface area contributed by atoms with Gasteiger partial charge in [-0.25, -0.2) is 4.68 Å². The molecule has 14 heavy (non-hydrogen) atoms. The Bertz CT molecular complexity index is 439. The van der Waals surface area contributed by atoms with Crippen molar-refractivity contribution in [2.24, 2.45) is 0 Å². The van der Waals surface area contributed by atoms with Gasteiger partial charge in [0.25, 0.3) is 0 Å². The van der Waals surface area contributed by atoms with Gasteiger partial charge in [-0.05, 0) is 11.6 Å². The minimum Gasteiger partial charge on any atom is -0.262 e. The van der Waals surface area contributed by atoms with E-state index in [1.54, 1.807) is 29.5 Å². The van der Waals surface area contributed by atoms with Crippen LogP contribution in [0.5, 0.6) is 0 Å². The largest absolute Gasteiger partial charge is 0.262 e. The van der Waals surface area contributed by atoms with Gasteiger partial charge in [0.15, 0.2) is 0 Å². The molecule has 3 nitrogen and oxygen atoms in total. The lowest BCUT2D eigenvalue weighted by Crippen LogP contribution is -1.95. The number of rotatable bonds is 2. The molecular weight excluding hydrogens is 221 g/mol. The van der Waals surface area contributed by atoms with Gasteiger partial charge >= 0.3 is 0 Å². The molecule has 5 heteroatoms. The van der Waals surface area contributed by atoms with Crippen molar-refractivity contribution in [1.29, 1.82) is 0 Å². The Balaban J connectivity index is 2.41. The summed E-state index contributed by atoms with van der Waals surface area (Å²) in [5.41, 5.74) is 1.81. The first-order valence-electron chi connectivity index (χ1n) is 4.00. The van der Waals surface area contributed by atoms with E-state index in [0.29, 0.717) is 10.9 Å². The highest BCUT2D eigenvalue weighted by Crippen LogP contribution is 2.12. The molecule has 0 fully saturated rings. The second-order valence-corrected chi connectivity index (χ2v) is 3.49. The highest BCUT2D eigenvalue weighted by Gasteiger charge is 2.00. The molecule has 0 bridgehead atoms. The number of hydrogen-bond acceptors (Lipinski definition) is 2. The lowest BCUT2D eigenvalue weighted by atomic mass is 10.3. The summed E-state index contributed by atoms with van der Waals surface area (Å²) in [6, 6.07) is 1.92. The fourth-order valence-corrected chi connectivity index (χ4v) is 1.40. The molecule has 0 amide bonds. The zero-order valence-electron chi connectivity index (χ0n) is 7.19. The molecule has 0 atom stereocenters. The Labute approximate surface area is 91.3 Å². The fourth-order valence-electron chi connectivity index (χ4n) is 1.11. The van der Waals surface area contributed by atoms with Gasteiger partial charge in [-0.2, -0.15) is 5.10 Å². The molecule has 72 valence electrons. The number of pyridine rings is 1. The van der Waals surface area contributed by atoms with Crippen LogP contribution in [0.4, 0.5) is 0 Å². The first kappa shape index (κ1) is 9.49. The van der Waals surface area contributed by atoms with E-state index in [2.05, 4.69) is 10.1 Å². The summed E-state index contributed by atoms with van der Waals surface area (Å²) in [7, 11) is 0. The van der Waals surface area contributed by atoms with Gasteiger partial charge in [0.2, 0.25) is 0 Å². The zero-order chi connectivity index (χ0) is 9.97. The quantitative estimate of drug-likeness (QED) is 0.739. The predicted molar refractivity (Wildman–Crippen MR) is 55.9 cm³/mol. The van der Waals surface area contributed by atoms with E-state index in [1.807, 2.05) is 6.07 Å². The molecular formula is C9H7Cl2N3. The molecule has 0 aliphatic rings. The van der Waals surface area contributed by atoms with Gasteiger partial charge in [-0.3, -0.25) is 4.98 Å². The van der Waals surface area contributed by atoms with Crippen LogP contribution in [0.15, 0.2) is 30.9 Å². The van der Waals surface area contributed by atoms with Crippen molar-refractivity contribution >= 4 is 23.2 Å². The third-order valence-corrected chi connectivity index (χ3v) is 2.25. The van der Waals surface area contributed by atoms with E-state index in [-0.39, 0.29) is 0 Å². The normalized spacial score (nSPS) is 10.4. The van der Waals surface area contributed by atoms with Crippen molar-refractivity contribution < 1.29 is 0 Å². The molecule has 0 saturated heterocycles. The number of halogens is 2. The first-order chi connectivity index (χ1) is 6.79. The second-order valence-electron chi connectivity index (χ2n) is 2.79. The van der Waals surface area contributed by atoms with Crippen molar-refractivity contribution in [3.63, 3.8) is 0 Å². The molecule has 0 spiro atoms. The topological polar surface area (TPSA) is 30.7 Å². The standard InChI is InChI=1S/C9H7Cl2N3/c10-2-7-1-9(5-12-3-7)14-6-8(11)4-13-14/h1,3-6H,2H2. The number of nitrogens with zero attached hydrogens (tertiary/aromatic N) is 3. The Morgan fingerprint density at radius 1 is 1.29 bits per heavy atom. The maximum absolute atomic E-state index is 5.75. The molecule has 0 radical (unpaired) electrons. The summed E-state index contributed by atoms with van der Waals surface area (Å²) in [4.78, 5) is 4.05. The highest BCUT2D eigenvalue weighted by atomic mass is 35.5. The number of alkyl halides is 1. The third-order valence-electron chi connectivity index (χ3n) is 1.75. The molecule has 0 N–H and O–H groups in total. The van der Waals surface area contributed by atoms with Crippen molar-refractivity contribution in [2.45, 2.75) is 5.88 Å². The van der Waals surface area contributed by atoms with Crippen LogP contribution in [0.25, 0.3) is 5.69 Å². The summed E-state index contributed by atoms with van der Waals surface area (Å²) >= 11 is 11.4. The van der Waals surface area contributed by atoms with Crippen LogP contribution in [0.3, 0.4) is 0 Å². The molecule has 2 aromatic rings. The van der Waals surface area contributed by atoms with Crippen LogP contribution in [-0.2, 0) is 5.88 Å². The summed E-state index contributed by atoms with van der Waals surface area (Å²) in [6.07, 6.45) is 6.73. The minimum atomic E-state index is 0.440. The van der Waals surface area contributed by atoms with Gasteiger partial charge in [0.05, 0.1) is 23.1 Å². The lowest BCUT2D eigenvalue weighted by Gasteiger charge is -2.01. The maximum atomic E-state index is 5.75. The molecule has 0 aliphatic heterocycles. The molecule has 0 aliphatic carbocycles. The van der Waals surface area contributed by atoms with E-state index in [4.69, 9.17) is 23.2 Å². The smallest absolute Gasteiger partial charge is 0.0832 e. The van der Waals surface area contributed by atoms with Gasteiger partial charge in [-0.15, -0.1) is 11.6 Å². The van der Waals surface area contributed by atoms with Crippen LogP contribution in [0, 0.1) is 0 Å². The minimum absolute atomic E-state index is 0.440. The summed E-state index contributed by atoms with van der Waals surface area (Å²) in [6.45, 7) is 0. The van der Waals surface area contributed by atoms with Gasteiger partial charge in [0, 0.05) is 18.3 Å². The van der Waals surface area contributed by atoms with Crippen LogP contribution in [0.1, 0.15) is 5.56 Å². The zero-order valence-corrected chi connectivity index (χ0v) is 8.70. The van der Waals surface area contributed by atoms with E-state index in [9.17, 15) is 0 Å². The highest BCUT2D eigenvalue weighted by molar-refractivity contribution is 6.30. The summed E-state index contributed by atoms with van der Waals surface area (Å²) in [5.74, 6) is 0.440. The molecule has 0 unspecified atom stereocenters. The van der Waals surface area contributed by atoms with Crippen LogP contribution < -0.4 is 0 Å². The molecule has 2 heterocycles. The molecule has 2 rings (SSSR count). The number of hydrogen-bond donors (Lipinski definition) is 0. The molecule has 0 saturated carbocycles. The summed E-state index contributed by atoms with van der Waals surface area (Å²) < 4.78 is 1.66. The maximum Gasteiger partial charge on any atom is 0.0832 e. The van der Waals surface area contributed by atoms with E-state index in [0.717, 1.165) is 11.3 Å². The Kier molecular flexibility index (Phi) is 2.70. The van der Waals surface area contributed by atoms with E-state index < -0.39 is 0 Å². The second kappa shape index (κ2) is 3.98. The fraction of sp³-hybridized carbons (Fsp3) is 0.111. The van der Waals surface area contributed by atoms with Gasteiger partial charge < -0.3 is 0 Å². The van der Waals surface area contributed by atoms with E-state index >= 15 is 0 Å². The van der Waals surface area contributed by atoms with Crippen molar-refractivity contribution in [3.8, 4) is 5.69 Å². The first-order valence-corrected chi connectivity index (χ1v) is 4.91. The Hall–Kier alpha value is -1.06. The molecule has 0 aromatic carbocycles. The monoisotopic (exact) mass is 227 g/mol. The van der Waals surface area contributed by atoms with E-state index in [1.165, 1.54) is 0 Å². The molecule has 2 aromatic heterocycles. The summed E-state index contributed by atoms with van der Waals surface area (Å²) in [5, 5.41) is 4.66. The Morgan fingerprint density at radius 3 is 2.79 bits per heavy atom. The van der Waals surface area contributed by atoms with Crippen LogP contribution in [0.2, 0.25) is 5.02 Å². The van der Waals surface area contributed by atoms with Crippen molar-refractivity contribution in [2.75, 3.05) is 0 Å². The SMILES string of the molecule is ClCc1cncc(-n2cc(Cl)cn2)c1. The lowest BCUT2D eigenvalue weighted by molar-refractivity contribution is 0.871. The Morgan fingerprint density at radius 2 is 2.14 bits per heavy atom. The van der Waals surface area contributed by atoms with Gasteiger partial charge in [-0.1, -0.05) is 11.6 Å². The van der Waals surface area contributed by atoms with Gasteiger partial charge in [0.1, 0.15) is 0 Å².